The van der Waals surface area contributed by atoms with E-state index >= 15 is 0 Å². The van der Waals surface area contributed by atoms with Crippen molar-refractivity contribution in [1.82, 2.24) is 14.9 Å². The Labute approximate surface area is 158 Å². The number of para-hydroxylation sites is 1. The number of aromatic amines is 1. The Morgan fingerprint density at radius 2 is 1.89 bits per heavy atom. The molecule has 0 aliphatic heterocycles. The first-order valence-electron chi connectivity index (χ1n) is 8.52. The second-order valence-electron chi connectivity index (χ2n) is 6.10. The number of H-pyrrole nitrogens is 1. The number of likely N-dealkylation sites (N-methyl/N-ethyl adjacent to an activating group) is 1. The molecule has 6 nitrogen and oxygen atoms in total. The number of fused-ring (bicyclic) bond motifs is 1. The lowest BCUT2D eigenvalue weighted by Crippen LogP contribution is -2.34. The summed E-state index contributed by atoms with van der Waals surface area (Å²) in [5.41, 5.74) is -0.201. The highest BCUT2D eigenvalue weighted by atomic mass is 19.2. The van der Waals surface area contributed by atoms with Crippen molar-refractivity contribution in [3.8, 4) is 0 Å². The molecule has 0 unspecified atom stereocenters. The van der Waals surface area contributed by atoms with Crippen LogP contribution in [-0.4, -0.2) is 33.9 Å². The number of nitrogens with zero attached hydrogens (tertiary/aromatic N) is 2. The lowest BCUT2D eigenvalue weighted by Gasteiger charge is -2.19. The number of hydrogen-bond donors (Lipinski definition) is 2. The molecule has 0 saturated carbocycles. The molecule has 0 saturated heterocycles. The third kappa shape index (κ3) is 4.20. The predicted octanol–water partition coefficient (Wildman–Crippen LogP) is 2.80. The molecule has 3 rings (SSSR count). The molecular weight excluding hydrogens is 373 g/mol. The Bertz CT molecular complexity index is 1080. The van der Waals surface area contributed by atoms with Crippen LogP contribution in [0.15, 0.2) is 41.2 Å². The van der Waals surface area contributed by atoms with E-state index in [2.05, 4.69) is 15.3 Å². The molecule has 0 fully saturated rings. The maximum absolute atomic E-state index is 13.7. The van der Waals surface area contributed by atoms with Crippen molar-refractivity contribution in [3.63, 3.8) is 0 Å². The molecule has 2 N–H and O–H groups in total. The van der Waals surface area contributed by atoms with Crippen LogP contribution in [0.5, 0.6) is 0 Å². The van der Waals surface area contributed by atoms with E-state index in [9.17, 15) is 22.8 Å². The van der Waals surface area contributed by atoms with Gasteiger partial charge in [0.1, 0.15) is 5.82 Å². The quantitative estimate of drug-likeness (QED) is 0.635. The molecular formula is C19H17F3N4O2. The minimum Gasteiger partial charge on any atom is -0.322 e. The van der Waals surface area contributed by atoms with Gasteiger partial charge in [-0.25, -0.2) is 18.2 Å². The third-order valence-corrected chi connectivity index (χ3v) is 4.16. The number of rotatable bonds is 6. The number of benzene rings is 2. The Balaban J connectivity index is 1.71. The molecule has 2 aromatic carbocycles. The van der Waals surface area contributed by atoms with Crippen LogP contribution in [0.2, 0.25) is 0 Å². The van der Waals surface area contributed by atoms with Gasteiger partial charge < -0.3 is 10.3 Å². The van der Waals surface area contributed by atoms with Crippen molar-refractivity contribution < 1.29 is 18.0 Å². The van der Waals surface area contributed by atoms with Gasteiger partial charge in [0.15, 0.2) is 17.5 Å². The molecule has 1 heterocycles. The van der Waals surface area contributed by atoms with E-state index in [0.717, 1.165) is 12.1 Å². The second kappa shape index (κ2) is 8.22. The van der Waals surface area contributed by atoms with E-state index in [-0.39, 0.29) is 18.6 Å². The standard InChI is InChI=1S/C19H17F3N4O2/c1-2-26(9-15-23-13-6-4-3-5-11(13)19(28)25-15)10-16(27)24-14-8-7-12(20)17(21)18(14)22/h3-8H,2,9-10H2,1H3,(H,24,27)(H,23,25,28). The molecule has 1 aromatic heterocycles. The van der Waals surface area contributed by atoms with Gasteiger partial charge in [0, 0.05) is 0 Å². The molecule has 28 heavy (non-hydrogen) atoms. The van der Waals surface area contributed by atoms with E-state index < -0.39 is 29.0 Å². The largest absolute Gasteiger partial charge is 0.322 e. The predicted molar refractivity (Wildman–Crippen MR) is 98.3 cm³/mol. The maximum Gasteiger partial charge on any atom is 0.258 e. The SMILES string of the molecule is CCN(CC(=O)Nc1ccc(F)c(F)c1F)Cc1nc2ccccc2c(=O)[nH]1. The molecule has 9 heteroatoms. The summed E-state index contributed by atoms with van der Waals surface area (Å²) in [5, 5.41) is 2.67. The van der Waals surface area contributed by atoms with Gasteiger partial charge in [-0.2, -0.15) is 0 Å². The van der Waals surface area contributed by atoms with Crippen molar-refractivity contribution >= 4 is 22.5 Å². The van der Waals surface area contributed by atoms with Crippen LogP contribution in [0.25, 0.3) is 10.9 Å². The van der Waals surface area contributed by atoms with Gasteiger partial charge >= 0.3 is 0 Å². The Hall–Kier alpha value is -3.20. The lowest BCUT2D eigenvalue weighted by atomic mass is 10.2. The van der Waals surface area contributed by atoms with Crippen LogP contribution in [0.3, 0.4) is 0 Å². The van der Waals surface area contributed by atoms with Gasteiger partial charge in [-0.1, -0.05) is 19.1 Å². The highest BCUT2D eigenvalue weighted by Crippen LogP contribution is 2.19. The number of nitrogens with one attached hydrogen (secondary N) is 2. The van der Waals surface area contributed by atoms with Gasteiger partial charge in [-0.05, 0) is 30.8 Å². The molecule has 146 valence electrons. The van der Waals surface area contributed by atoms with Crippen LogP contribution in [0, 0.1) is 17.5 Å². The van der Waals surface area contributed by atoms with Gasteiger partial charge in [0.2, 0.25) is 5.91 Å². The fraction of sp³-hybridized carbons (Fsp3) is 0.211. The summed E-state index contributed by atoms with van der Waals surface area (Å²) in [6.07, 6.45) is 0. The summed E-state index contributed by atoms with van der Waals surface area (Å²) in [6, 6.07) is 8.55. The first-order valence-corrected chi connectivity index (χ1v) is 8.52. The summed E-state index contributed by atoms with van der Waals surface area (Å²) in [6.45, 7) is 2.24. The number of aromatic nitrogens is 2. The zero-order valence-electron chi connectivity index (χ0n) is 14.9. The fourth-order valence-corrected chi connectivity index (χ4v) is 2.72. The van der Waals surface area contributed by atoms with Gasteiger partial charge in [-0.3, -0.25) is 14.5 Å². The van der Waals surface area contributed by atoms with Gasteiger partial charge in [0.05, 0.1) is 29.7 Å². The zero-order valence-corrected chi connectivity index (χ0v) is 14.9. The zero-order chi connectivity index (χ0) is 20.3. The molecule has 0 spiro atoms. The van der Waals surface area contributed by atoms with Crippen molar-refractivity contribution in [1.29, 1.82) is 0 Å². The van der Waals surface area contributed by atoms with E-state index in [1.165, 1.54) is 0 Å². The highest BCUT2D eigenvalue weighted by molar-refractivity contribution is 5.92. The fourth-order valence-electron chi connectivity index (χ4n) is 2.72. The first kappa shape index (κ1) is 19.6. The maximum atomic E-state index is 13.7. The van der Waals surface area contributed by atoms with E-state index in [1.54, 1.807) is 36.1 Å². The molecule has 0 atom stereocenters. The minimum absolute atomic E-state index is 0.161. The summed E-state index contributed by atoms with van der Waals surface area (Å²) >= 11 is 0. The lowest BCUT2D eigenvalue weighted by molar-refractivity contribution is -0.117. The van der Waals surface area contributed by atoms with Crippen molar-refractivity contribution in [3.05, 3.63) is 70.0 Å². The smallest absolute Gasteiger partial charge is 0.258 e. The third-order valence-electron chi connectivity index (χ3n) is 4.16. The number of amides is 1. The van der Waals surface area contributed by atoms with Crippen molar-refractivity contribution in [2.24, 2.45) is 0 Å². The summed E-state index contributed by atoms with van der Waals surface area (Å²) in [7, 11) is 0. The average molecular weight is 390 g/mol. The molecule has 0 aliphatic rings. The van der Waals surface area contributed by atoms with Crippen LogP contribution >= 0.6 is 0 Å². The second-order valence-corrected chi connectivity index (χ2v) is 6.10. The van der Waals surface area contributed by atoms with E-state index in [4.69, 9.17) is 0 Å². The highest BCUT2D eigenvalue weighted by Gasteiger charge is 2.17. The van der Waals surface area contributed by atoms with Gasteiger partial charge in [-0.15, -0.1) is 0 Å². The Morgan fingerprint density at radius 3 is 2.64 bits per heavy atom. The number of carbonyl (C=O) groups excluding carboxylic acids is 1. The first-order chi connectivity index (χ1) is 13.4. The topological polar surface area (TPSA) is 78.1 Å². The number of hydrogen-bond acceptors (Lipinski definition) is 4. The number of carbonyl (C=O) groups is 1. The molecule has 0 radical (unpaired) electrons. The normalized spacial score (nSPS) is 11.2. The van der Waals surface area contributed by atoms with Crippen LogP contribution < -0.4 is 10.9 Å². The van der Waals surface area contributed by atoms with Crippen LogP contribution in [0.1, 0.15) is 12.7 Å². The van der Waals surface area contributed by atoms with Crippen molar-refractivity contribution in [2.45, 2.75) is 13.5 Å². The van der Waals surface area contributed by atoms with Crippen LogP contribution in [-0.2, 0) is 11.3 Å². The monoisotopic (exact) mass is 390 g/mol. The van der Waals surface area contributed by atoms with E-state index in [0.29, 0.717) is 23.3 Å². The summed E-state index contributed by atoms with van der Waals surface area (Å²) in [4.78, 5) is 33.0. The summed E-state index contributed by atoms with van der Waals surface area (Å²) < 4.78 is 39.9. The average Bonchev–Trinajstić information content (AvgIpc) is 2.68. The number of anilines is 1. The Kier molecular flexibility index (Phi) is 5.74. The molecule has 0 bridgehead atoms. The van der Waals surface area contributed by atoms with Crippen molar-refractivity contribution in [2.75, 3.05) is 18.4 Å². The Morgan fingerprint density at radius 1 is 1.14 bits per heavy atom. The van der Waals surface area contributed by atoms with Gasteiger partial charge in [0.25, 0.3) is 5.56 Å². The van der Waals surface area contributed by atoms with E-state index in [1.807, 2.05) is 0 Å². The summed E-state index contributed by atoms with van der Waals surface area (Å²) in [5.74, 6) is -4.69. The van der Waals surface area contributed by atoms with Crippen LogP contribution in [0.4, 0.5) is 18.9 Å². The number of halogens is 3. The molecule has 0 aliphatic carbocycles. The molecule has 3 aromatic rings. The molecule has 1 amide bonds. The minimum atomic E-state index is -1.65.